The monoisotopic (exact) mass is 362 g/mol. The Morgan fingerprint density at radius 3 is 1.00 bits per heavy atom. The summed E-state index contributed by atoms with van der Waals surface area (Å²) in [5, 5.41) is 1.34. The molecule has 0 bridgehead atoms. The minimum Gasteiger partial charge on any atom is -0.396 e. The Morgan fingerprint density at radius 1 is 0.444 bits per heavy atom. The van der Waals surface area contributed by atoms with Gasteiger partial charge in [-0.25, -0.2) is 0 Å². The van der Waals surface area contributed by atoms with Gasteiger partial charge in [0.1, 0.15) is 0 Å². The third-order valence-electron chi connectivity index (χ3n) is 2.47. The Morgan fingerprint density at radius 2 is 0.722 bits per heavy atom. The Kier molecular flexibility index (Phi) is 3.90. The van der Waals surface area contributed by atoms with Crippen molar-refractivity contribution in [2.24, 2.45) is 0 Å². The van der Waals surface area contributed by atoms with Crippen LogP contribution in [0.1, 0.15) is 0 Å². The summed E-state index contributed by atoms with van der Waals surface area (Å²) in [4.78, 5) is 0. The minimum absolute atomic E-state index is 0.0815. The zero-order chi connectivity index (χ0) is 13.8. The molecular weight excluding hydrogens is 361 g/mol. The summed E-state index contributed by atoms with van der Waals surface area (Å²) in [7, 11) is 0. The Hall–Kier alpha value is 0.0400. The second-order valence-electron chi connectivity index (χ2n) is 3.46. The van der Waals surface area contributed by atoms with E-state index in [2.05, 4.69) is 0 Å². The van der Waals surface area contributed by atoms with Crippen LogP contribution in [0.25, 0.3) is 10.8 Å². The number of benzene rings is 2. The molecule has 0 aliphatic carbocycles. The highest BCUT2D eigenvalue weighted by molar-refractivity contribution is 6.59. The third-order valence-corrected chi connectivity index (χ3v) is 5.06. The molecule has 0 aromatic heterocycles. The van der Waals surface area contributed by atoms with E-state index in [4.69, 9.17) is 81.1 Å². The van der Waals surface area contributed by atoms with Crippen LogP contribution in [0.5, 0.6) is 0 Å². The molecule has 0 amide bonds. The molecule has 2 nitrogen and oxygen atoms in total. The maximum absolute atomic E-state index is 6.10. The summed E-state index contributed by atoms with van der Waals surface area (Å²) < 4.78 is 0. The average Bonchev–Trinajstić information content (AvgIpc) is 2.35. The fourth-order valence-corrected chi connectivity index (χ4v) is 3.27. The highest BCUT2D eigenvalue weighted by Crippen LogP contribution is 2.51. The lowest BCUT2D eigenvalue weighted by molar-refractivity contribution is 1.69. The van der Waals surface area contributed by atoms with Crippen LogP contribution in [0.2, 0.25) is 30.1 Å². The Labute approximate surface area is 133 Å². The van der Waals surface area contributed by atoms with Gasteiger partial charge in [0.25, 0.3) is 0 Å². The first-order valence-electron chi connectivity index (χ1n) is 4.46. The van der Waals surface area contributed by atoms with Crippen molar-refractivity contribution in [1.82, 2.24) is 0 Å². The summed E-state index contributed by atoms with van der Waals surface area (Å²) in [6.45, 7) is 0. The normalized spacial score (nSPS) is 11.2. The molecule has 96 valence electrons. The molecule has 2 rings (SSSR count). The summed E-state index contributed by atoms with van der Waals surface area (Å²) >= 11 is 36.3. The highest BCUT2D eigenvalue weighted by atomic mass is 35.5. The third kappa shape index (κ3) is 1.87. The molecule has 2 aromatic rings. The minimum atomic E-state index is 0.0815. The van der Waals surface area contributed by atoms with E-state index in [-0.39, 0.29) is 41.5 Å². The molecule has 0 fully saturated rings. The van der Waals surface area contributed by atoms with E-state index < -0.39 is 0 Å². The molecule has 18 heavy (non-hydrogen) atoms. The van der Waals surface area contributed by atoms with E-state index >= 15 is 0 Å². The molecule has 0 saturated heterocycles. The van der Waals surface area contributed by atoms with Crippen molar-refractivity contribution in [3.8, 4) is 0 Å². The van der Waals surface area contributed by atoms with Gasteiger partial charge >= 0.3 is 0 Å². The van der Waals surface area contributed by atoms with Crippen LogP contribution in [0.3, 0.4) is 0 Å². The van der Waals surface area contributed by atoms with Gasteiger partial charge in [0.2, 0.25) is 0 Å². The molecule has 0 aliphatic heterocycles. The van der Waals surface area contributed by atoms with Crippen LogP contribution in [0.4, 0.5) is 11.4 Å². The highest BCUT2D eigenvalue weighted by Gasteiger charge is 2.23. The molecule has 2 aromatic carbocycles. The second kappa shape index (κ2) is 4.86. The van der Waals surface area contributed by atoms with Gasteiger partial charge in [-0.3, -0.25) is 0 Å². The topological polar surface area (TPSA) is 52.0 Å². The number of hydrogen-bond donors (Lipinski definition) is 2. The first-order chi connectivity index (χ1) is 8.29. The van der Waals surface area contributed by atoms with Gasteiger partial charge in [0.05, 0.1) is 41.5 Å². The van der Waals surface area contributed by atoms with Gasteiger partial charge in [0, 0.05) is 10.8 Å². The second-order valence-corrected chi connectivity index (χ2v) is 5.73. The molecule has 0 heterocycles. The van der Waals surface area contributed by atoms with Gasteiger partial charge in [-0.15, -0.1) is 0 Å². The zero-order valence-electron chi connectivity index (χ0n) is 8.42. The fraction of sp³-hybridized carbons (Fsp3) is 0. The number of nitrogen functional groups attached to an aromatic ring is 2. The number of rotatable bonds is 0. The van der Waals surface area contributed by atoms with Gasteiger partial charge < -0.3 is 11.5 Å². The molecule has 0 saturated carbocycles. The van der Waals surface area contributed by atoms with Crippen LogP contribution in [-0.2, 0) is 0 Å². The number of hydrogen-bond acceptors (Lipinski definition) is 2. The molecule has 0 aliphatic rings. The molecule has 0 spiro atoms. The zero-order valence-corrected chi connectivity index (χ0v) is 13.0. The number of fused-ring (bicyclic) bond motifs is 1. The van der Waals surface area contributed by atoms with Crippen molar-refractivity contribution in [2.75, 3.05) is 11.5 Å². The van der Waals surface area contributed by atoms with Crippen LogP contribution >= 0.6 is 69.6 Å². The molecule has 0 unspecified atom stereocenters. The van der Waals surface area contributed by atoms with Gasteiger partial charge in [0.15, 0.2) is 0 Å². The predicted octanol–water partition coefficient (Wildman–Crippen LogP) is 5.92. The lowest BCUT2D eigenvalue weighted by Gasteiger charge is -2.15. The van der Waals surface area contributed by atoms with E-state index in [0.717, 1.165) is 0 Å². The lowest BCUT2D eigenvalue weighted by Crippen LogP contribution is -1.99. The first kappa shape index (κ1) is 14.4. The average molecular weight is 365 g/mol. The van der Waals surface area contributed by atoms with E-state index in [0.29, 0.717) is 10.8 Å². The summed E-state index contributed by atoms with van der Waals surface area (Å²) in [6, 6.07) is 0. The standard InChI is InChI=1S/C10H4Cl6N2/c11-3-1-2(4(12)8(16)7(3)15)6(14)10(18)9(17)5(1)13/h17-18H2. The Balaban J connectivity index is 3.22. The first-order valence-corrected chi connectivity index (χ1v) is 6.73. The van der Waals surface area contributed by atoms with E-state index in [1.54, 1.807) is 0 Å². The van der Waals surface area contributed by atoms with Crippen LogP contribution in [-0.4, -0.2) is 0 Å². The van der Waals surface area contributed by atoms with E-state index in [9.17, 15) is 0 Å². The maximum Gasteiger partial charge on any atom is 0.0800 e. The van der Waals surface area contributed by atoms with Crippen molar-refractivity contribution in [2.45, 2.75) is 0 Å². The van der Waals surface area contributed by atoms with Crippen molar-refractivity contribution < 1.29 is 0 Å². The van der Waals surface area contributed by atoms with Crippen LogP contribution < -0.4 is 11.5 Å². The van der Waals surface area contributed by atoms with Crippen molar-refractivity contribution in [1.29, 1.82) is 0 Å². The van der Waals surface area contributed by atoms with Crippen LogP contribution in [0, 0.1) is 0 Å². The maximum atomic E-state index is 6.10. The van der Waals surface area contributed by atoms with Gasteiger partial charge in [-0.1, -0.05) is 69.6 Å². The SMILES string of the molecule is Nc1c(N)c(Cl)c2c(Cl)c(Cl)c(Cl)c(Cl)c2c1Cl. The van der Waals surface area contributed by atoms with E-state index in [1.807, 2.05) is 0 Å². The van der Waals surface area contributed by atoms with Gasteiger partial charge in [-0.2, -0.15) is 0 Å². The smallest absolute Gasteiger partial charge is 0.0800 e. The van der Waals surface area contributed by atoms with Crippen molar-refractivity contribution in [3.63, 3.8) is 0 Å². The summed E-state index contributed by atoms with van der Waals surface area (Å²) in [6.07, 6.45) is 0. The van der Waals surface area contributed by atoms with E-state index in [1.165, 1.54) is 0 Å². The molecule has 0 radical (unpaired) electrons. The molecule has 4 N–H and O–H groups in total. The predicted molar refractivity (Wildman–Crippen MR) is 82.8 cm³/mol. The Bertz CT molecular complexity index is 569. The largest absolute Gasteiger partial charge is 0.396 e. The summed E-state index contributed by atoms with van der Waals surface area (Å²) in [5.41, 5.74) is 11.7. The molecule has 8 heteroatoms. The van der Waals surface area contributed by atoms with Crippen molar-refractivity contribution in [3.05, 3.63) is 30.1 Å². The summed E-state index contributed by atoms with van der Waals surface area (Å²) in [5.74, 6) is 0. The molecular formula is C10H4Cl6N2. The van der Waals surface area contributed by atoms with Crippen molar-refractivity contribution >= 4 is 91.8 Å². The number of anilines is 2. The van der Waals surface area contributed by atoms with Crippen LogP contribution in [0.15, 0.2) is 0 Å². The van der Waals surface area contributed by atoms with Gasteiger partial charge in [-0.05, 0) is 0 Å². The number of halogens is 6. The lowest BCUT2D eigenvalue weighted by atomic mass is 10.1. The fourth-order valence-electron chi connectivity index (χ4n) is 1.55. The molecule has 0 atom stereocenters. The number of nitrogens with two attached hydrogens (primary N) is 2. The quantitative estimate of drug-likeness (QED) is 0.346.